The van der Waals surface area contributed by atoms with Gasteiger partial charge in [-0.05, 0) is 91.3 Å². The van der Waals surface area contributed by atoms with Crippen molar-refractivity contribution in [3.63, 3.8) is 0 Å². The van der Waals surface area contributed by atoms with Crippen LogP contribution in [-0.4, -0.2) is 24.3 Å². The van der Waals surface area contributed by atoms with E-state index in [1.54, 1.807) is 0 Å². The molecule has 32 heavy (non-hydrogen) atoms. The topological polar surface area (TPSA) is 38.7 Å². The van der Waals surface area contributed by atoms with E-state index in [-0.39, 0.29) is 17.8 Å². The highest BCUT2D eigenvalue weighted by molar-refractivity contribution is 5.27. The van der Waals surface area contributed by atoms with Gasteiger partial charge in [-0.15, -0.1) is 0 Å². The Hall–Kier alpha value is -0.380. The summed E-state index contributed by atoms with van der Waals surface area (Å²) in [6, 6.07) is 0. The number of ether oxygens (including phenoxy) is 2. The largest absolute Gasteiger partial charge is 0.393 e. The SMILES string of the molecule is CC(C)CCC[C@@H](C)[C@H]1CC[C@H]2[C@@H]3CC=C4C[C@@H](O)CC(C5OCO5)[C@]4(C)[C@H]3CC[C@]12C. The van der Waals surface area contributed by atoms with Crippen molar-refractivity contribution >= 4 is 0 Å². The molecule has 0 spiro atoms. The van der Waals surface area contributed by atoms with Gasteiger partial charge in [0.1, 0.15) is 0 Å². The van der Waals surface area contributed by atoms with Gasteiger partial charge in [-0.25, -0.2) is 0 Å². The number of fused-ring (bicyclic) bond motifs is 5. The van der Waals surface area contributed by atoms with Crippen LogP contribution in [0.4, 0.5) is 0 Å². The zero-order valence-electron chi connectivity index (χ0n) is 21.3. The number of allylic oxidation sites excluding steroid dienone is 1. The molecule has 1 aliphatic heterocycles. The van der Waals surface area contributed by atoms with Crippen molar-refractivity contribution in [2.45, 2.75) is 111 Å². The van der Waals surface area contributed by atoms with E-state index in [1.807, 2.05) is 0 Å². The van der Waals surface area contributed by atoms with Crippen molar-refractivity contribution < 1.29 is 14.6 Å². The molecule has 1 unspecified atom stereocenters. The van der Waals surface area contributed by atoms with E-state index in [9.17, 15) is 5.11 Å². The fourth-order valence-corrected chi connectivity index (χ4v) is 9.59. The van der Waals surface area contributed by atoms with Gasteiger partial charge >= 0.3 is 0 Å². The molecule has 182 valence electrons. The standard InChI is InChI=1S/C29H48O3/c1-18(2)7-6-8-19(3)23-11-12-24-22-10-9-20-15-21(30)16-26(27-31-17-32-27)29(20,5)25(22)13-14-28(23,24)4/h9,18-19,21-27,30H,6-8,10-17H2,1-5H3/t19-,21-,22+,23-,24+,25+,26?,28-,29+/m1/s1. The Bertz CT molecular complexity index is 711. The lowest BCUT2D eigenvalue weighted by Crippen LogP contribution is -2.58. The molecule has 4 aliphatic carbocycles. The molecule has 5 aliphatic rings. The smallest absolute Gasteiger partial charge is 0.167 e. The Morgan fingerprint density at radius 1 is 1.03 bits per heavy atom. The van der Waals surface area contributed by atoms with Crippen molar-refractivity contribution in [3.05, 3.63) is 11.6 Å². The summed E-state index contributed by atoms with van der Waals surface area (Å²) in [5, 5.41) is 10.6. The molecule has 3 saturated carbocycles. The molecule has 0 radical (unpaired) electrons. The molecule has 9 atom stereocenters. The maximum Gasteiger partial charge on any atom is 0.167 e. The lowest BCUT2D eigenvalue weighted by molar-refractivity contribution is -0.357. The van der Waals surface area contributed by atoms with E-state index in [1.165, 1.54) is 56.9 Å². The molecule has 0 aromatic carbocycles. The van der Waals surface area contributed by atoms with Crippen molar-refractivity contribution in [1.29, 1.82) is 0 Å². The second-order valence-corrected chi connectivity index (χ2v) is 13.2. The van der Waals surface area contributed by atoms with Crippen LogP contribution < -0.4 is 0 Å². The number of hydrogen-bond acceptors (Lipinski definition) is 3. The van der Waals surface area contributed by atoms with E-state index in [4.69, 9.17) is 9.47 Å². The summed E-state index contributed by atoms with van der Waals surface area (Å²) in [7, 11) is 0. The molecule has 3 nitrogen and oxygen atoms in total. The fourth-order valence-electron chi connectivity index (χ4n) is 9.59. The minimum Gasteiger partial charge on any atom is -0.393 e. The minimum atomic E-state index is -0.236. The number of aliphatic hydroxyl groups is 1. The van der Waals surface area contributed by atoms with Crippen molar-refractivity contribution in [2.24, 2.45) is 52.3 Å². The molecule has 5 rings (SSSR count). The molecule has 1 heterocycles. The molecule has 1 saturated heterocycles. The quantitative estimate of drug-likeness (QED) is 0.451. The van der Waals surface area contributed by atoms with Crippen LogP contribution in [-0.2, 0) is 9.47 Å². The first-order valence-corrected chi connectivity index (χ1v) is 13.9. The minimum absolute atomic E-state index is 0.109. The first-order valence-electron chi connectivity index (χ1n) is 13.9. The summed E-state index contributed by atoms with van der Waals surface area (Å²) in [6.45, 7) is 12.9. The summed E-state index contributed by atoms with van der Waals surface area (Å²) in [5.41, 5.74) is 2.17. The summed E-state index contributed by atoms with van der Waals surface area (Å²) >= 11 is 0. The predicted octanol–water partition coefficient (Wildman–Crippen LogP) is 6.95. The van der Waals surface area contributed by atoms with Gasteiger partial charge < -0.3 is 14.6 Å². The number of hydrogen-bond donors (Lipinski definition) is 1. The van der Waals surface area contributed by atoms with Gasteiger partial charge in [-0.1, -0.05) is 65.5 Å². The van der Waals surface area contributed by atoms with Gasteiger partial charge in [0, 0.05) is 5.92 Å². The lowest BCUT2D eigenvalue weighted by Gasteiger charge is -2.61. The number of aliphatic hydroxyl groups excluding tert-OH is 1. The van der Waals surface area contributed by atoms with Crippen LogP contribution in [0.1, 0.15) is 98.8 Å². The zero-order chi connectivity index (χ0) is 22.7. The third-order valence-electron chi connectivity index (χ3n) is 11.3. The summed E-state index contributed by atoms with van der Waals surface area (Å²) in [5.74, 6) is 5.29. The van der Waals surface area contributed by atoms with Gasteiger partial charge in [0.2, 0.25) is 0 Å². The van der Waals surface area contributed by atoms with Gasteiger partial charge in [-0.2, -0.15) is 0 Å². The van der Waals surface area contributed by atoms with Crippen LogP contribution in [0.3, 0.4) is 0 Å². The zero-order valence-corrected chi connectivity index (χ0v) is 21.3. The summed E-state index contributed by atoms with van der Waals surface area (Å²) in [6.07, 6.45) is 14.9. The van der Waals surface area contributed by atoms with E-state index < -0.39 is 0 Å². The Labute approximate surface area is 196 Å². The fraction of sp³-hybridized carbons (Fsp3) is 0.931. The van der Waals surface area contributed by atoms with Gasteiger partial charge in [0.25, 0.3) is 0 Å². The molecule has 1 N–H and O–H groups in total. The second kappa shape index (κ2) is 8.68. The van der Waals surface area contributed by atoms with Crippen LogP contribution in [0.15, 0.2) is 11.6 Å². The molecule has 4 fully saturated rings. The van der Waals surface area contributed by atoms with E-state index in [0.29, 0.717) is 18.1 Å². The van der Waals surface area contributed by atoms with Crippen LogP contribution in [0.2, 0.25) is 0 Å². The van der Waals surface area contributed by atoms with Crippen molar-refractivity contribution in [2.75, 3.05) is 6.79 Å². The first-order chi connectivity index (χ1) is 15.2. The maximum absolute atomic E-state index is 10.6. The van der Waals surface area contributed by atoms with E-state index >= 15 is 0 Å². The van der Waals surface area contributed by atoms with E-state index in [2.05, 4.69) is 40.7 Å². The Kier molecular flexibility index (Phi) is 6.34. The molecular formula is C29H48O3. The highest BCUT2D eigenvalue weighted by Crippen LogP contribution is 2.68. The average Bonchev–Trinajstić information content (AvgIpc) is 3.04. The van der Waals surface area contributed by atoms with Crippen molar-refractivity contribution in [3.8, 4) is 0 Å². The summed E-state index contributed by atoms with van der Waals surface area (Å²) in [4.78, 5) is 0. The average molecular weight is 445 g/mol. The van der Waals surface area contributed by atoms with Crippen LogP contribution in [0.5, 0.6) is 0 Å². The van der Waals surface area contributed by atoms with Crippen LogP contribution in [0.25, 0.3) is 0 Å². The van der Waals surface area contributed by atoms with E-state index in [0.717, 1.165) is 48.3 Å². The predicted molar refractivity (Wildman–Crippen MR) is 129 cm³/mol. The Morgan fingerprint density at radius 2 is 1.81 bits per heavy atom. The molecule has 0 amide bonds. The normalized spacial score (nSPS) is 47.3. The van der Waals surface area contributed by atoms with Crippen molar-refractivity contribution in [1.82, 2.24) is 0 Å². The third-order valence-corrected chi connectivity index (χ3v) is 11.3. The van der Waals surface area contributed by atoms with Crippen LogP contribution >= 0.6 is 0 Å². The first kappa shape index (κ1) is 23.4. The molecule has 0 aromatic heterocycles. The van der Waals surface area contributed by atoms with Gasteiger partial charge in [-0.3, -0.25) is 0 Å². The lowest BCUT2D eigenvalue weighted by atomic mass is 9.44. The van der Waals surface area contributed by atoms with Crippen LogP contribution in [0, 0.1) is 52.3 Å². The molecular weight excluding hydrogens is 396 g/mol. The maximum atomic E-state index is 10.6. The van der Waals surface area contributed by atoms with Gasteiger partial charge in [0.05, 0.1) is 6.10 Å². The highest BCUT2D eigenvalue weighted by Gasteiger charge is 2.62. The Balaban J connectivity index is 1.36. The number of rotatable bonds is 6. The third kappa shape index (κ3) is 3.64. The highest BCUT2D eigenvalue weighted by atomic mass is 16.8. The molecule has 0 bridgehead atoms. The second-order valence-electron chi connectivity index (χ2n) is 13.2. The monoisotopic (exact) mass is 444 g/mol. The Morgan fingerprint density at radius 3 is 2.50 bits per heavy atom. The van der Waals surface area contributed by atoms with Gasteiger partial charge in [0.15, 0.2) is 13.1 Å². The summed E-state index contributed by atoms with van der Waals surface area (Å²) < 4.78 is 11.7. The molecule has 3 heteroatoms. The molecule has 0 aromatic rings.